The number of imide groups is 2. The van der Waals surface area contributed by atoms with Crippen molar-refractivity contribution in [1.82, 2.24) is 25.8 Å². The van der Waals surface area contributed by atoms with Crippen LogP contribution < -0.4 is 16.0 Å². The Morgan fingerprint density at radius 3 is 2.66 bits per heavy atom. The second-order valence-electron chi connectivity index (χ2n) is 8.78. The second kappa shape index (κ2) is 7.79. The number of piperazine rings is 1. The fourth-order valence-corrected chi connectivity index (χ4v) is 5.33. The van der Waals surface area contributed by atoms with Crippen molar-refractivity contribution in [1.29, 1.82) is 0 Å². The van der Waals surface area contributed by atoms with E-state index in [9.17, 15) is 24.0 Å². The highest BCUT2D eigenvalue weighted by Crippen LogP contribution is 2.33. The smallest absolute Gasteiger partial charge is 0.262 e. The molecule has 4 aliphatic rings. The van der Waals surface area contributed by atoms with Crippen molar-refractivity contribution in [2.45, 2.75) is 43.8 Å². The number of rotatable bonds is 3. The average Bonchev–Trinajstić information content (AvgIpc) is 3.04. The molecule has 0 radical (unpaired) electrons. The molecule has 0 saturated carbocycles. The molecule has 0 aromatic heterocycles. The number of amides is 5. The molecular weight excluding hydrogens is 414 g/mol. The number of carbonyl (C=O) groups excluding carboxylic acids is 5. The highest BCUT2D eigenvalue weighted by atomic mass is 16.2. The van der Waals surface area contributed by atoms with Crippen molar-refractivity contribution >= 4 is 29.5 Å². The van der Waals surface area contributed by atoms with Crippen LogP contribution in [0.3, 0.4) is 0 Å². The highest BCUT2D eigenvalue weighted by Gasteiger charge is 2.49. The summed E-state index contributed by atoms with van der Waals surface area (Å²) in [4.78, 5) is 66.2. The topological polar surface area (TPSA) is 128 Å². The molecule has 10 nitrogen and oxygen atoms in total. The van der Waals surface area contributed by atoms with Crippen LogP contribution in [0.25, 0.3) is 0 Å². The molecule has 3 N–H and O–H groups in total. The number of nitrogens with zero attached hydrogens (tertiary/aromatic N) is 2. The molecule has 1 aromatic rings. The molecule has 2 unspecified atom stereocenters. The molecule has 32 heavy (non-hydrogen) atoms. The van der Waals surface area contributed by atoms with Crippen molar-refractivity contribution in [2.24, 2.45) is 0 Å². The molecule has 4 heterocycles. The Bertz CT molecular complexity index is 1030. The van der Waals surface area contributed by atoms with Gasteiger partial charge < -0.3 is 10.6 Å². The summed E-state index contributed by atoms with van der Waals surface area (Å²) in [6, 6.07) is 4.12. The first-order chi connectivity index (χ1) is 15.4. The molecule has 0 bridgehead atoms. The van der Waals surface area contributed by atoms with E-state index in [2.05, 4.69) is 20.9 Å². The fourth-order valence-electron chi connectivity index (χ4n) is 5.33. The van der Waals surface area contributed by atoms with Crippen LogP contribution in [-0.2, 0) is 20.9 Å². The van der Waals surface area contributed by atoms with Crippen LogP contribution in [-0.4, -0.2) is 77.1 Å². The van der Waals surface area contributed by atoms with E-state index in [1.54, 1.807) is 18.2 Å². The Hall–Kier alpha value is -3.11. The average molecular weight is 439 g/mol. The van der Waals surface area contributed by atoms with E-state index in [0.29, 0.717) is 31.7 Å². The van der Waals surface area contributed by atoms with Crippen molar-refractivity contribution < 1.29 is 24.0 Å². The zero-order valence-corrected chi connectivity index (χ0v) is 17.6. The standard InChI is InChI=1S/C22H25N5O5/c28-16-6-5-15(18(29)25-16)27-19(30)14-4-1-3-13(17(14)20(27)31)11-26-10-9-24-21(32)22(26)7-2-8-23-12-22/h1,3-4,15,23H,2,5-12H2,(H,24,32)(H,25,28,29). The van der Waals surface area contributed by atoms with Crippen LogP contribution in [0, 0.1) is 0 Å². The minimum absolute atomic E-state index is 0.0175. The minimum atomic E-state index is -0.998. The second-order valence-corrected chi connectivity index (χ2v) is 8.78. The van der Waals surface area contributed by atoms with Crippen LogP contribution in [0.5, 0.6) is 0 Å². The molecule has 2 atom stereocenters. The largest absolute Gasteiger partial charge is 0.353 e. The van der Waals surface area contributed by atoms with Gasteiger partial charge in [0.25, 0.3) is 11.8 Å². The van der Waals surface area contributed by atoms with Gasteiger partial charge in [0.2, 0.25) is 17.7 Å². The van der Waals surface area contributed by atoms with Crippen LogP contribution >= 0.6 is 0 Å². The molecule has 10 heteroatoms. The molecule has 1 aromatic carbocycles. The molecular formula is C22H25N5O5. The van der Waals surface area contributed by atoms with Crippen LogP contribution in [0.1, 0.15) is 52.0 Å². The molecule has 3 fully saturated rings. The van der Waals surface area contributed by atoms with Crippen molar-refractivity contribution in [3.8, 4) is 0 Å². The van der Waals surface area contributed by atoms with Crippen molar-refractivity contribution in [3.05, 3.63) is 34.9 Å². The monoisotopic (exact) mass is 439 g/mol. The number of hydrogen-bond acceptors (Lipinski definition) is 7. The van der Waals surface area contributed by atoms with Gasteiger partial charge >= 0.3 is 0 Å². The molecule has 5 amide bonds. The third-order valence-electron chi connectivity index (χ3n) is 6.97. The fraction of sp³-hybridized carbons (Fsp3) is 0.500. The summed E-state index contributed by atoms with van der Waals surface area (Å²) < 4.78 is 0. The SMILES string of the molecule is O=C1CCC(N2C(=O)c3cccc(CN4CCNC(=O)C45CCCNC5)c3C2=O)C(=O)N1. The molecule has 4 aliphatic heterocycles. The summed E-state index contributed by atoms with van der Waals surface area (Å²) in [5.41, 5.74) is 0.519. The summed E-state index contributed by atoms with van der Waals surface area (Å²) >= 11 is 0. The number of piperidine rings is 2. The Labute approximate surface area is 184 Å². The minimum Gasteiger partial charge on any atom is -0.353 e. The number of carbonyl (C=O) groups is 5. The molecule has 1 spiro atoms. The predicted octanol–water partition coefficient (Wildman–Crippen LogP) is -0.858. The van der Waals surface area contributed by atoms with E-state index in [1.807, 2.05) is 0 Å². The van der Waals surface area contributed by atoms with Gasteiger partial charge in [-0.05, 0) is 37.4 Å². The lowest BCUT2D eigenvalue weighted by molar-refractivity contribution is -0.139. The van der Waals surface area contributed by atoms with Gasteiger partial charge in [0.05, 0.1) is 11.1 Å². The van der Waals surface area contributed by atoms with Gasteiger partial charge in [-0.15, -0.1) is 0 Å². The van der Waals surface area contributed by atoms with Gasteiger partial charge in [0.1, 0.15) is 11.6 Å². The molecule has 0 aliphatic carbocycles. The van der Waals surface area contributed by atoms with Gasteiger partial charge in [0.15, 0.2) is 0 Å². The maximum absolute atomic E-state index is 13.4. The van der Waals surface area contributed by atoms with E-state index in [0.717, 1.165) is 24.3 Å². The number of nitrogens with one attached hydrogen (secondary N) is 3. The van der Waals surface area contributed by atoms with Gasteiger partial charge in [-0.1, -0.05) is 12.1 Å². The number of benzene rings is 1. The van der Waals surface area contributed by atoms with Crippen LogP contribution in [0.2, 0.25) is 0 Å². The first-order valence-corrected chi connectivity index (χ1v) is 11.0. The lowest BCUT2D eigenvalue weighted by atomic mass is 9.85. The van der Waals surface area contributed by atoms with Crippen LogP contribution in [0.15, 0.2) is 18.2 Å². The zero-order chi connectivity index (χ0) is 22.5. The summed E-state index contributed by atoms with van der Waals surface area (Å²) in [5, 5.41) is 8.49. The van der Waals surface area contributed by atoms with Crippen molar-refractivity contribution in [3.63, 3.8) is 0 Å². The van der Waals surface area contributed by atoms with E-state index in [-0.39, 0.29) is 29.9 Å². The Kier molecular flexibility index (Phi) is 5.06. The van der Waals surface area contributed by atoms with Gasteiger partial charge in [-0.2, -0.15) is 0 Å². The number of hydrogen-bond donors (Lipinski definition) is 3. The molecule has 168 valence electrons. The van der Waals surface area contributed by atoms with E-state index in [1.165, 1.54) is 0 Å². The zero-order valence-electron chi connectivity index (χ0n) is 17.6. The summed E-state index contributed by atoms with van der Waals surface area (Å²) in [6.45, 7) is 2.89. The highest BCUT2D eigenvalue weighted by molar-refractivity contribution is 6.24. The van der Waals surface area contributed by atoms with E-state index < -0.39 is 35.2 Å². The van der Waals surface area contributed by atoms with Crippen LogP contribution in [0.4, 0.5) is 0 Å². The molecule has 5 rings (SSSR count). The third-order valence-corrected chi connectivity index (χ3v) is 6.97. The third kappa shape index (κ3) is 3.13. The normalized spacial score (nSPS) is 28.7. The maximum atomic E-state index is 13.4. The quantitative estimate of drug-likeness (QED) is 0.523. The first-order valence-electron chi connectivity index (χ1n) is 11.0. The number of fused-ring (bicyclic) bond motifs is 1. The van der Waals surface area contributed by atoms with Gasteiger partial charge in [-0.3, -0.25) is 39.1 Å². The predicted molar refractivity (Wildman–Crippen MR) is 111 cm³/mol. The summed E-state index contributed by atoms with van der Waals surface area (Å²) in [6.07, 6.45) is 1.79. The van der Waals surface area contributed by atoms with E-state index >= 15 is 0 Å². The Morgan fingerprint density at radius 2 is 1.91 bits per heavy atom. The lowest BCUT2D eigenvalue weighted by Crippen LogP contribution is -2.69. The first kappa shape index (κ1) is 20.8. The molecule has 3 saturated heterocycles. The lowest BCUT2D eigenvalue weighted by Gasteiger charge is -2.48. The van der Waals surface area contributed by atoms with E-state index in [4.69, 9.17) is 0 Å². The van der Waals surface area contributed by atoms with Crippen molar-refractivity contribution in [2.75, 3.05) is 26.2 Å². The summed E-state index contributed by atoms with van der Waals surface area (Å²) in [7, 11) is 0. The van der Waals surface area contributed by atoms with Gasteiger partial charge in [0, 0.05) is 32.6 Å². The Balaban J connectivity index is 1.46. The van der Waals surface area contributed by atoms with Gasteiger partial charge in [-0.25, -0.2) is 0 Å². The maximum Gasteiger partial charge on any atom is 0.262 e. The summed E-state index contributed by atoms with van der Waals surface area (Å²) in [5.74, 6) is -2.09. The Morgan fingerprint density at radius 1 is 1.06 bits per heavy atom.